The molecule has 4 aromatic rings. The molecule has 216 valence electrons. The number of thiazole rings is 1. The van der Waals surface area contributed by atoms with Crippen molar-refractivity contribution in [3.8, 4) is 22.0 Å². The summed E-state index contributed by atoms with van der Waals surface area (Å²) in [4.78, 5) is 20.1. The Kier molecular flexibility index (Phi) is 7.95. The summed E-state index contributed by atoms with van der Waals surface area (Å²) in [6.45, 7) is 2.43. The number of carbonyl (C=O) groups excluding carboxylic acids is 1. The maximum Gasteiger partial charge on any atom is 0.416 e. The first-order valence-electron chi connectivity index (χ1n) is 12.7. The number of ether oxygens (including phenoxy) is 1. The number of amides is 1. The van der Waals surface area contributed by atoms with Crippen LogP contribution in [0.5, 0.6) is 5.75 Å². The van der Waals surface area contributed by atoms with E-state index in [1.54, 1.807) is 42.5 Å². The van der Waals surface area contributed by atoms with Crippen molar-refractivity contribution in [2.24, 2.45) is 0 Å². The van der Waals surface area contributed by atoms with Crippen molar-refractivity contribution in [3.63, 3.8) is 0 Å². The van der Waals surface area contributed by atoms with Crippen molar-refractivity contribution >= 4 is 28.1 Å². The molecule has 1 aliphatic heterocycles. The molecule has 0 saturated carbocycles. The van der Waals surface area contributed by atoms with Gasteiger partial charge in [-0.3, -0.25) is 9.69 Å². The minimum atomic E-state index is -4.66. The molecular weight excluding hydrogens is 562 g/mol. The molecule has 0 spiro atoms. The second kappa shape index (κ2) is 11.4. The highest BCUT2D eigenvalue weighted by Gasteiger charge is 2.34. The number of alkyl halides is 4. The van der Waals surface area contributed by atoms with Crippen LogP contribution in [0.2, 0.25) is 0 Å². The highest BCUT2D eigenvalue weighted by atomic mass is 32.1. The van der Waals surface area contributed by atoms with Gasteiger partial charge in [0, 0.05) is 44.0 Å². The van der Waals surface area contributed by atoms with Crippen molar-refractivity contribution in [3.05, 3.63) is 65.0 Å². The number of carbonyl (C=O) groups is 1. The molecule has 2 N–H and O–H groups in total. The predicted molar refractivity (Wildman–Crippen MR) is 147 cm³/mol. The number of halogens is 4. The number of nitrogens with zero attached hydrogens (tertiary/aromatic N) is 5. The number of aryl methyl sites for hydroxylation is 1. The Bertz CT molecular complexity index is 1570. The molecule has 0 radical (unpaired) electrons. The number of rotatable bonds is 8. The quantitative estimate of drug-likeness (QED) is 0.260. The van der Waals surface area contributed by atoms with Crippen LogP contribution < -0.4 is 15.4 Å². The molecule has 41 heavy (non-hydrogen) atoms. The second-order valence-corrected chi connectivity index (χ2v) is 10.6. The number of benzene rings is 2. The van der Waals surface area contributed by atoms with Crippen molar-refractivity contribution in [1.29, 1.82) is 0 Å². The van der Waals surface area contributed by atoms with E-state index in [0.717, 1.165) is 27.7 Å². The lowest BCUT2D eigenvalue weighted by Crippen LogP contribution is -2.22. The normalized spacial score (nSPS) is 15.7. The molecule has 1 aliphatic rings. The van der Waals surface area contributed by atoms with E-state index < -0.39 is 23.8 Å². The number of methoxy groups -OCH3 is 1. The van der Waals surface area contributed by atoms with E-state index in [4.69, 9.17) is 4.74 Å². The van der Waals surface area contributed by atoms with E-state index >= 15 is 0 Å². The van der Waals surface area contributed by atoms with Gasteiger partial charge in [-0.1, -0.05) is 22.6 Å². The van der Waals surface area contributed by atoms with Crippen LogP contribution in [0.25, 0.3) is 16.3 Å². The average Bonchev–Trinajstić information content (AvgIpc) is 3.69. The Hall–Kier alpha value is -4.04. The van der Waals surface area contributed by atoms with Gasteiger partial charge in [-0.15, -0.1) is 5.10 Å². The number of hydrogen-bond donors (Lipinski definition) is 2. The van der Waals surface area contributed by atoms with Crippen LogP contribution in [0.1, 0.15) is 33.5 Å². The highest BCUT2D eigenvalue weighted by Crippen LogP contribution is 2.39. The van der Waals surface area contributed by atoms with Crippen LogP contribution in [0.4, 0.5) is 28.4 Å². The summed E-state index contributed by atoms with van der Waals surface area (Å²) in [6.07, 6.45) is -2.00. The zero-order chi connectivity index (χ0) is 29.3. The first kappa shape index (κ1) is 28.5. The van der Waals surface area contributed by atoms with E-state index in [1.807, 2.05) is 6.92 Å². The second-order valence-electron chi connectivity index (χ2n) is 9.62. The first-order valence-corrected chi connectivity index (χ1v) is 13.5. The van der Waals surface area contributed by atoms with Crippen LogP contribution in [0, 0.1) is 6.92 Å². The van der Waals surface area contributed by atoms with Gasteiger partial charge in [0.1, 0.15) is 17.6 Å². The van der Waals surface area contributed by atoms with Gasteiger partial charge < -0.3 is 15.4 Å². The maximum absolute atomic E-state index is 13.8. The summed E-state index contributed by atoms with van der Waals surface area (Å²) < 4.78 is 62.1. The molecule has 0 aliphatic carbocycles. The van der Waals surface area contributed by atoms with E-state index in [1.165, 1.54) is 23.1 Å². The van der Waals surface area contributed by atoms with E-state index in [9.17, 15) is 22.4 Å². The standard InChI is InChI=1S/C27H27F4N7O2S/c1-15-4-5-16(9-22(15)38-14-21(35-36-38)23-11-33-26(32-2)41-23)25(39)34-20-10-18(27(29,30)31)8-17(24(20)40-3)12-37-7-6-19(28)13-37/h4-5,8-11,14,19H,6-7,12-13H2,1-3H3,(H,32,33)(H,34,39). The third-order valence-electron chi connectivity index (χ3n) is 6.74. The number of anilines is 2. The van der Waals surface area contributed by atoms with E-state index in [-0.39, 0.29) is 35.7 Å². The lowest BCUT2D eigenvalue weighted by Gasteiger charge is -2.21. The minimum absolute atomic E-state index is 0.0509. The molecule has 2 aromatic heterocycles. The van der Waals surface area contributed by atoms with Gasteiger partial charge in [-0.2, -0.15) is 13.2 Å². The van der Waals surface area contributed by atoms with Gasteiger partial charge >= 0.3 is 6.18 Å². The Morgan fingerprint density at radius 1 is 1.24 bits per heavy atom. The highest BCUT2D eigenvalue weighted by molar-refractivity contribution is 7.18. The third-order valence-corrected chi connectivity index (χ3v) is 7.78. The Labute approximate surface area is 237 Å². The minimum Gasteiger partial charge on any atom is -0.494 e. The number of nitrogens with one attached hydrogen (secondary N) is 2. The number of aromatic nitrogens is 4. The Morgan fingerprint density at radius 2 is 2.05 bits per heavy atom. The molecule has 1 fully saturated rings. The predicted octanol–water partition coefficient (Wildman–Crippen LogP) is 5.56. The zero-order valence-corrected chi connectivity index (χ0v) is 23.2. The van der Waals surface area contributed by atoms with Crippen molar-refractivity contribution in [2.45, 2.75) is 32.2 Å². The van der Waals surface area contributed by atoms with Crippen LogP contribution >= 0.6 is 11.3 Å². The van der Waals surface area contributed by atoms with E-state index in [2.05, 4.69) is 25.9 Å². The van der Waals surface area contributed by atoms with Crippen LogP contribution in [0.3, 0.4) is 0 Å². The Morgan fingerprint density at radius 3 is 2.71 bits per heavy atom. The average molecular weight is 590 g/mol. The summed E-state index contributed by atoms with van der Waals surface area (Å²) in [5.74, 6) is -0.548. The van der Waals surface area contributed by atoms with Crippen LogP contribution in [-0.4, -0.2) is 64.2 Å². The summed E-state index contributed by atoms with van der Waals surface area (Å²) in [6, 6.07) is 6.69. The number of likely N-dealkylation sites (tertiary alicyclic amines) is 1. The molecule has 1 amide bonds. The lowest BCUT2D eigenvalue weighted by molar-refractivity contribution is -0.137. The van der Waals surface area contributed by atoms with Crippen molar-refractivity contribution in [2.75, 3.05) is 37.9 Å². The maximum atomic E-state index is 13.8. The first-order chi connectivity index (χ1) is 19.5. The third kappa shape index (κ3) is 6.17. The summed E-state index contributed by atoms with van der Waals surface area (Å²) >= 11 is 1.41. The molecule has 2 aromatic carbocycles. The fourth-order valence-electron chi connectivity index (χ4n) is 4.67. The van der Waals surface area contributed by atoms with Gasteiger partial charge in [0.05, 0.1) is 35.1 Å². The smallest absolute Gasteiger partial charge is 0.416 e. The summed E-state index contributed by atoms with van der Waals surface area (Å²) in [7, 11) is 3.09. The van der Waals surface area contributed by atoms with Crippen molar-refractivity contribution in [1.82, 2.24) is 24.9 Å². The largest absolute Gasteiger partial charge is 0.494 e. The van der Waals surface area contributed by atoms with Gasteiger partial charge in [-0.25, -0.2) is 14.1 Å². The summed E-state index contributed by atoms with van der Waals surface area (Å²) in [5.41, 5.74) is 1.29. The molecule has 3 heterocycles. The fourth-order valence-corrected chi connectivity index (χ4v) is 5.39. The molecule has 14 heteroatoms. The van der Waals surface area contributed by atoms with Crippen LogP contribution in [0.15, 0.2) is 42.7 Å². The van der Waals surface area contributed by atoms with Gasteiger partial charge in [-0.05, 0) is 43.2 Å². The Balaban J connectivity index is 1.44. The molecule has 1 saturated heterocycles. The topological polar surface area (TPSA) is 97.2 Å². The monoisotopic (exact) mass is 589 g/mol. The van der Waals surface area contributed by atoms with Crippen molar-refractivity contribution < 1.29 is 27.1 Å². The molecule has 0 bridgehead atoms. The molecule has 5 rings (SSSR count). The zero-order valence-electron chi connectivity index (χ0n) is 22.4. The molecule has 9 nitrogen and oxygen atoms in total. The SMILES string of the molecule is CNc1ncc(-c2cn(-c3cc(C(=O)Nc4cc(C(F)(F)F)cc(CN5CCC(F)C5)c4OC)ccc3C)nn2)s1. The fraction of sp³-hybridized carbons (Fsp3) is 0.333. The van der Waals surface area contributed by atoms with Gasteiger partial charge in [0.25, 0.3) is 5.91 Å². The molecular formula is C27H27F4N7O2S. The molecule has 1 unspecified atom stereocenters. The summed E-state index contributed by atoms with van der Waals surface area (Å²) in [5, 5.41) is 14.7. The number of hydrogen-bond acceptors (Lipinski definition) is 8. The molecule has 1 atom stereocenters. The van der Waals surface area contributed by atoms with Gasteiger partial charge in [0.15, 0.2) is 5.13 Å². The lowest BCUT2D eigenvalue weighted by atomic mass is 10.1. The van der Waals surface area contributed by atoms with Crippen LogP contribution in [-0.2, 0) is 12.7 Å². The van der Waals surface area contributed by atoms with Gasteiger partial charge in [0.2, 0.25) is 0 Å². The van der Waals surface area contributed by atoms with E-state index in [0.29, 0.717) is 24.3 Å².